The highest BCUT2D eigenvalue weighted by Crippen LogP contribution is 2.34. The molecule has 2 rings (SSSR count). The van der Waals surface area contributed by atoms with E-state index in [1.165, 1.54) is 10.5 Å². The number of carbonyl (C=O) groups is 1. The van der Waals surface area contributed by atoms with Gasteiger partial charge in [0.05, 0.1) is 5.75 Å². The summed E-state index contributed by atoms with van der Waals surface area (Å²) in [6.07, 6.45) is 0. The summed E-state index contributed by atoms with van der Waals surface area (Å²) in [5.74, 6) is 1.08. The van der Waals surface area contributed by atoms with Gasteiger partial charge in [-0.2, -0.15) is 0 Å². The highest BCUT2D eigenvalue weighted by molar-refractivity contribution is 8.00. The molecule has 0 bridgehead atoms. The zero-order chi connectivity index (χ0) is 8.55. The number of rotatable bonds is 0. The van der Waals surface area contributed by atoms with Crippen LogP contribution in [0.5, 0.6) is 0 Å². The second-order valence-electron chi connectivity index (χ2n) is 3.01. The Balaban J connectivity index is 2.48. The number of Topliss-reactive ketones (excluding diaryl/α,β-unsaturated/α-hetero) is 1. The first kappa shape index (κ1) is 7.87. The van der Waals surface area contributed by atoms with Crippen molar-refractivity contribution in [3.05, 3.63) is 29.8 Å². The van der Waals surface area contributed by atoms with Crippen LogP contribution in [0.2, 0.25) is 0 Å². The van der Waals surface area contributed by atoms with Gasteiger partial charge in [-0.3, -0.25) is 4.79 Å². The van der Waals surface area contributed by atoms with E-state index in [2.05, 4.69) is 6.07 Å². The van der Waals surface area contributed by atoms with Crippen molar-refractivity contribution in [3.8, 4) is 0 Å². The normalized spacial score (nSPS) is 22.1. The summed E-state index contributed by atoms with van der Waals surface area (Å²) in [6, 6.07) is 8.15. The number of hydrogen-bond acceptors (Lipinski definition) is 2. The van der Waals surface area contributed by atoms with E-state index in [9.17, 15) is 4.79 Å². The molecule has 2 heteroatoms. The lowest BCUT2D eigenvalue weighted by Crippen LogP contribution is -2.16. The molecule has 0 amide bonds. The van der Waals surface area contributed by atoms with Gasteiger partial charge in [0.25, 0.3) is 0 Å². The summed E-state index contributed by atoms with van der Waals surface area (Å²) < 4.78 is 0. The first-order chi connectivity index (χ1) is 5.79. The van der Waals surface area contributed by atoms with Crippen LogP contribution in [-0.2, 0) is 4.79 Å². The minimum atomic E-state index is 0.0995. The molecule has 0 saturated heterocycles. The Morgan fingerprint density at radius 3 is 3.00 bits per heavy atom. The Labute approximate surface area is 76.2 Å². The van der Waals surface area contributed by atoms with E-state index < -0.39 is 0 Å². The molecular weight excluding hydrogens is 168 g/mol. The lowest BCUT2D eigenvalue weighted by atomic mass is 9.97. The van der Waals surface area contributed by atoms with E-state index in [1.54, 1.807) is 11.8 Å². The predicted molar refractivity (Wildman–Crippen MR) is 50.6 cm³/mol. The number of thioether (sulfide) groups is 1. The lowest BCUT2D eigenvalue weighted by Gasteiger charge is -2.19. The molecule has 1 nitrogen and oxygen atoms in total. The zero-order valence-corrected chi connectivity index (χ0v) is 7.73. The number of ketones is 1. The van der Waals surface area contributed by atoms with E-state index in [-0.39, 0.29) is 5.92 Å². The number of fused-ring (bicyclic) bond motifs is 1. The van der Waals surface area contributed by atoms with Crippen LogP contribution in [0.25, 0.3) is 0 Å². The molecule has 1 heterocycles. The largest absolute Gasteiger partial charge is 0.298 e. The Hall–Kier alpha value is -0.760. The molecule has 0 radical (unpaired) electrons. The van der Waals surface area contributed by atoms with Crippen LogP contribution in [0.15, 0.2) is 29.2 Å². The van der Waals surface area contributed by atoms with Gasteiger partial charge in [0, 0.05) is 10.8 Å². The summed E-state index contributed by atoms with van der Waals surface area (Å²) >= 11 is 1.65. The summed E-state index contributed by atoms with van der Waals surface area (Å²) in [5, 5.41) is 0. The van der Waals surface area contributed by atoms with E-state index in [1.807, 2.05) is 25.1 Å². The third-order valence-corrected chi connectivity index (χ3v) is 3.35. The summed E-state index contributed by atoms with van der Waals surface area (Å²) in [7, 11) is 0. The van der Waals surface area contributed by atoms with Gasteiger partial charge in [-0.05, 0) is 11.6 Å². The van der Waals surface area contributed by atoms with Crippen LogP contribution in [0.4, 0.5) is 0 Å². The van der Waals surface area contributed by atoms with Crippen molar-refractivity contribution in [2.75, 3.05) is 5.75 Å². The maximum Gasteiger partial charge on any atom is 0.150 e. The fourth-order valence-electron chi connectivity index (χ4n) is 1.42. The molecule has 0 saturated carbocycles. The number of benzene rings is 1. The van der Waals surface area contributed by atoms with Crippen molar-refractivity contribution in [1.82, 2.24) is 0 Å². The van der Waals surface area contributed by atoms with Crippen molar-refractivity contribution in [1.29, 1.82) is 0 Å². The maximum absolute atomic E-state index is 11.3. The minimum absolute atomic E-state index is 0.0995. The SMILES string of the molecule is CC1C(=O)CSc2ccccc21. The Kier molecular flexibility index (Phi) is 1.93. The first-order valence-electron chi connectivity index (χ1n) is 4.03. The zero-order valence-electron chi connectivity index (χ0n) is 6.91. The highest BCUT2D eigenvalue weighted by atomic mass is 32.2. The molecule has 1 unspecified atom stereocenters. The Morgan fingerprint density at radius 2 is 2.17 bits per heavy atom. The molecule has 0 N–H and O–H groups in total. The van der Waals surface area contributed by atoms with Crippen molar-refractivity contribution in [3.63, 3.8) is 0 Å². The van der Waals surface area contributed by atoms with E-state index >= 15 is 0 Å². The lowest BCUT2D eigenvalue weighted by molar-refractivity contribution is -0.117. The molecule has 1 aliphatic rings. The van der Waals surface area contributed by atoms with E-state index in [0.717, 1.165) is 0 Å². The fourth-order valence-corrected chi connectivity index (χ4v) is 2.55. The van der Waals surface area contributed by atoms with Gasteiger partial charge in [0.15, 0.2) is 0 Å². The summed E-state index contributed by atoms with van der Waals surface area (Å²) in [4.78, 5) is 12.6. The van der Waals surface area contributed by atoms with Gasteiger partial charge in [-0.25, -0.2) is 0 Å². The molecule has 0 aliphatic carbocycles. The standard InChI is InChI=1S/C10H10OS/c1-7-8-4-2-3-5-10(8)12-6-9(7)11/h2-5,7H,6H2,1H3. The molecule has 1 atom stereocenters. The Morgan fingerprint density at radius 1 is 1.42 bits per heavy atom. The average Bonchev–Trinajstić information content (AvgIpc) is 2.12. The fraction of sp³-hybridized carbons (Fsp3) is 0.300. The van der Waals surface area contributed by atoms with Crippen molar-refractivity contribution < 1.29 is 4.79 Å². The van der Waals surface area contributed by atoms with Gasteiger partial charge in [-0.15, -0.1) is 11.8 Å². The molecule has 1 aromatic carbocycles. The molecule has 0 spiro atoms. The van der Waals surface area contributed by atoms with Gasteiger partial charge >= 0.3 is 0 Å². The van der Waals surface area contributed by atoms with Gasteiger partial charge in [0.1, 0.15) is 5.78 Å². The van der Waals surface area contributed by atoms with Crippen molar-refractivity contribution >= 4 is 17.5 Å². The van der Waals surface area contributed by atoms with Crippen LogP contribution in [0.1, 0.15) is 18.4 Å². The monoisotopic (exact) mass is 178 g/mol. The molecule has 1 aromatic rings. The number of hydrogen-bond donors (Lipinski definition) is 0. The van der Waals surface area contributed by atoms with Crippen LogP contribution < -0.4 is 0 Å². The summed E-state index contributed by atoms with van der Waals surface area (Å²) in [5.41, 5.74) is 1.19. The van der Waals surface area contributed by atoms with Crippen LogP contribution in [0, 0.1) is 0 Å². The third-order valence-electron chi connectivity index (χ3n) is 2.24. The summed E-state index contributed by atoms with van der Waals surface area (Å²) in [6.45, 7) is 1.99. The predicted octanol–water partition coefficient (Wildman–Crippen LogP) is 2.46. The van der Waals surface area contributed by atoms with Crippen LogP contribution in [0.3, 0.4) is 0 Å². The first-order valence-corrected chi connectivity index (χ1v) is 5.02. The van der Waals surface area contributed by atoms with E-state index in [0.29, 0.717) is 11.5 Å². The quantitative estimate of drug-likeness (QED) is 0.607. The Bertz CT molecular complexity index is 319. The van der Waals surface area contributed by atoms with Crippen LogP contribution >= 0.6 is 11.8 Å². The topological polar surface area (TPSA) is 17.1 Å². The third kappa shape index (κ3) is 1.16. The van der Waals surface area contributed by atoms with Gasteiger partial charge < -0.3 is 0 Å². The van der Waals surface area contributed by atoms with Gasteiger partial charge in [-0.1, -0.05) is 25.1 Å². The smallest absolute Gasteiger partial charge is 0.150 e. The molecule has 0 fully saturated rings. The molecule has 12 heavy (non-hydrogen) atoms. The van der Waals surface area contributed by atoms with Gasteiger partial charge in [0.2, 0.25) is 0 Å². The molecule has 1 aliphatic heterocycles. The van der Waals surface area contributed by atoms with Crippen LogP contribution in [-0.4, -0.2) is 11.5 Å². The minimum Gasteiger partial charge on any atom is -0.298 e. The van der Waals surface area contributed by atoms with Crippen molar-refractivity contribution in [2.45, 2.75) is 17.7 Å². The second-order valence-corrected chi connectivity index (χ2v) is 4.03. The number of carbonyl (C=O) groups excluding carboxylic acids is 1. The van der Waals surface area contributed by atoms with Crippen molar-refractivity contribution in [2.24, 2.45) is 0 Å². The average molecular weight is 178 g/mol. The highest BCUT2D eigenvalue weighted by Gasteiger charge is 2.23. The second kappa shape index (κ2) is 2.94. The molecule has 62 valence electrons. The van der Waals surface area contributed by atoms with E-state index in [4.69, 9.17) is 0 Å². The molecule has 0 aromatic heterocycles. The molecular formula is C10H10OS. The maximum atomic E-state index is 11.3.